The summed E-state index contributed by atoms with van der Waals surface area (Å²) in [7, 11) is 0. The molecule has 2 aliphatic carbocycles. The second kappa shape index (κ2) is 6.92. The SMILES string of the molecule is N#CCCN(Cc1ccccn1)C(=O)[C@H]1C[C@]12CCCc1ccccc12. The van der Waals surface area contributed by atoms with Crippen LogP contribution in [0.5, 0.6) is 0 Å². The Labute approximate surface area is 154 Å². The predicted molar refractivity (Wildman–Crippen MR) is 99.0 cm³/mol. The van der Waals surface area contributed by atoms with Gasteiger partial charge in [-0.05, 0) is 48.9 Å². The zero-order valence-electron chi connectivity index (χ0n) is 14.9. The standard InChI is InChI=1S/C22H23N3O/c23-12-6-14-25(16-18-9-3-4-13-24-18)21(26)20-15-22(20)11-5-8-17-7-1-2-10-19(17)22/h1-4,7,9-10,13,20H,5-6,8,11,14-16H2/t20-,22+/m1/s1. The summed E-state index contributed by atoms with van der Waals surface area (Å²) in [5.74, 6) is 0.231. The maximum absolute atomic E-state index is 13.3. The quantitative estimate of drug-likeness (QED) is 0.832. The topological polar surface area (TPSA) is 57.0 Å². The highest BCUT2D eigenvalue weighted by Gasteiger charge is 2.60. The second-order valence-electron chi connectivity index (χ2n) is 7.41. The lowest BCUT2D eigenvalue weighted by atomic mass is 9.78. The first-order valence-electron chi connectivity index (χ1n) is 9.38. The lowest BCUT2D eigenvalue weighted by Crippen LogP contribution is -2.35. The van der Waals surface area contributed by atoms with Crippen molar-refractivity contribution in [2.24, 2.45) is 5.92 Å². The summed E-state index contributed by atoms with van der Waals surface area (Å²) in [5, 5.41) is 8.99. The molecule has 4 nitrogen and oxygen atoms in total. The summed E-state index contributed by atoms with van der Waals surface area (Å²) in [5.41, 5.74) is 3.68. The molecule has 0 unspecified atom stereocenters. The van der Waals surface area contributed by atoms with E-state index in [2.05, 4.69) is 35.3 Å². The number of carbonyl (C=O) groups excluding carboxylic acids is 1. The lowest BCUT2D eigenvalue weighted by Gasteiger charge is -2.28. The molecule has 2 atom stereocenters. The lowest BCUT2D eigenvalue weighted by molar-refractivity contribution is -0.133. The molecule has 132 valence electrons. The van der Waals surface area contributed by atoms with E-state index >= 15 is 0 Å². The monoisotopic (exact) mass is 345 g/mol. The van der Waals surface area contributed by atoms with Gasteiger partial charge in [-0.3, -0.25) is 9.78 Å². The normalized spacial score (nSPS) is 23.1. The third kappa shape index (κ3) is 2.99. The van der Waals surface area contributed by atoms with Crippen molar-refractivity contribution < 1.29 is 4.79 Å². The summed E-state index contributed by atoms with van der Waals surface area (Å²) >= 11 is 0. The van der Waals surface area contributed by atoms with Gasteiger partial charge in [-0.15, -0.1) is 0 Å². The fraction of sp³-hybridized carbons (Fsp3) is 0.409. The molecule has 4 heteroatoms. The van der Waals surface area contributed by atoms with Crippen LogP contribution in [0.15, 0.2) is 48.7 Å². The van der Waals surface area contributed by atoms with Gasteiger partial charge in [0.15, 0.2) is 0 Å². The van der Waals surface area contributed by atoms with Crippen molar-refractivity contribution in [1.29, 1.82) is 5.26 Å². The molecule has 2 aromatic rings. The number of aryl methyl sites for hydroxylation is 1. The maximum Gasteiger partial charge on any atom is 0.227 e. The Balaban J connectivity index is 1.55. The minimum Gasteiger partial charge on any atom is -0.335 e. The molecule has 1 heterocycles. The number of carbonyl (C=O) groups is 1. The number of benzene rings is 1. The number of fused-ring (bicyclic) bond motifs is 2. The minimum atomic E-state index is 0.0287. The van der Waals surface area contributed by atoms with Crippen molar-refractivity contribution in [3.05, 3.63) is 65.5 Å². The third-order valence-corrected chi connectivity index (χ3v) is 5.88. The minimum absolute atomic E-state index is 0.0287. The Hall–Kier alpha value is -2.67. The van der Waals surface area contributed by atoms with E-state index in [9.17, 15) is 4.79 Å². The molecule has 2 aliphatic rings. The van der Waals surface area contributed by atoms with Crippen LogP contribution >= 0.6 is 0 Å². The number of nitriles is 1. The molecule has 0 N–H and O–H groups in total. The number of rotatable bonds is 5. The number of hydrogen-bond donors (Lipinski definition) is 0. The molecule has 0 bridgehead atoms. The van der Waals surface area contributed by atoms with E-state index in [0.717, 1.165) is 31.4 Å². The summed E-state index contributed by atoms with van der Waals surface area (Å²) in [6, 6.07) is 16.5. The molecule has 0 aliphatic heterocycles. The largest absolute Gasteiger partial charge is 0.335 e. The zero-order valence-corrected chi connectivity index (χ0v) is 14.9. The van der Waals surface area contributed by atoms with E-state index in [0.29, 0.717) is 19.5 Å². The van der Waals surface area contributed by atoms with Gasteiger partial charge in [-0.2, -0.15) is 5.26 Å². The van der Waals surface area contributed by atoms with Crippen LogP contribution in [0.4, 0.5) is 0 Å². The van der Waals surface area contributed by atoms with Crippen LogP contribution in [0.3, 0.4) is 0 Å². The molecule has 1 aromatic heterocycles. The van der Waals surface area contributed by atoms with E-state index < -0.39 is 0 Å². The molecule has 0 saturated heterocycles. The van der Waals surface area contributed by atoms with Crippen molar-refractivity contribution in [2.45, 2.75) is 44.1 Å². The van der Waals surface area contributed by atoms with Gasteiger partial charge in [0.2, 0.25) is 5.91 Å². The molecule has 4 rings (SSSR count). The van der Waals surface area contributed by atoms with Crippen LogP contribution in [-0.4, -0.2) is 22.3 Å². The van der Waals surface area contributed by atoms with Crippen molar-refractivity contribution in [3.8, 4) is 6.07 Å². The number of aromatic nitrogens is 1. The van der Waals surface area contributed by atoms with E-state index in [-0.39, 0.29) is 17.2 Å². The molecular weight excluding hydrogens is 322 g/mol. The summed E-state index contributed by atoms with van der Waals surface area (Å²) in [4.78, 5) is 19.5. The van der Waals surface area contributed by atoms with Crippen LogP contribution in [0.25, 0.3) is 0 Å². The summed E-state index contributed by atoms with van der Waals surface area (Å²) in [6.07, 6.45) is 6.40. The highest BCUT2D eigenvalue weighted by molar-refractivity contribution is 5.84. The Bertz CT molecular complexity index is 842. The smallest absolute Gasteiger partial charge is 0.227 e. The Kier molecular flexibility index (Phi) is 4.46. The first-order valence-corrected chi connectivity index (χ1v) is 9.38. The van der Waals surface area contributed by atoms with Crippen LogP contribution in [0.2, 0.25) is 0 Å². The van der Waals surface area contributed by atoms with Gasteiger partial charge in [-0.1, -0.05) is 30.3 Å². The van der Waals surface area contributed by atoms with Crippen LogP contribution in [0.1, 0.15) is 42.5 Å². The fourth-order valence-corrected chi connectivity index (χ4v) is 4.52. The summed E-state index contributed by atoms with van der Waals surface area (Å²) < 4.78 is 0. The second-order valence-corrected chi connectivity index (χ2v) is 7.41. The van der Waals surface area contributed by atoms with Gasteiger partial charge in [0.25, 0.3) is 0 Å². The van der Waals surface area contributed by atoms with Gasteiger partial charge in [0.05, 0.1) is 24.7 Å². The number of hydrogen-bond acceptors (Lipinski definition) is 3. The highest BCUT2D eigenvalue weighted by Crippen LogP contribution is 2.60. The predicted octanol–water partition coefficient (Wildman–Crippen LogP) is 3.62. The molecule has 0 radical (unpaired) electrons. The van der Waals surface area contributed by atoms with Crippen LogP contribution < -0.4 is 0 Å². The average molecular weight is 345 g/mol. The Morgan fingerprint density at radius 2 is 2.12 bits per heavy atom. The molecule has 1 aromatic carbocycles. The molecule has 1 fully saturated rings. The number of amides is 1. The first kappa shape index (κ1) is 16.8. The molecule has 1 spiro atoms. The van der Waals surface area contributed by atoms with E-state index in [1.807, 2.05) is 23.1 Å². The number of nitrogens with zero attached hydrogens (tertiary/aromatic N) is 3. The highest BCUT2D eigenvalue weighted by atomic mass is 16.2. The van der Waals surface area contributed by atoms with Gasteiger partial charge in [0.1, 0.15) is 0 Å². The van der Waals surface area contributed by atoms with Crippen molar-refractivity contribution in [2.75, 3.05) is 6.54 Å². The number of pyridine rings is 1. The maximum atomic E-state index is 13.3. The van der Waals surface area contributed by atoms with E-state index in [4.69, 9.17) is 5.26 Å². The summed E-state index contributed by atoms with van der Waals surface area (Å²) in [6.45, 7) is 0.954. The first-order chi connectivity index (χ1) is 12.7. The van der Waals surface area contributed by atoms with Gasteiger partial charge >= 0.3 is 0 Å². The third-order valence-electron chi connectivity index (χ3n) is 5.88. The zero-order chi connectivity index (χ0) is 18.0. The van der Waals surface area contributed by atoms with Gasteiger partial charge < -0.3 is 4.90 Å². The Morgan fingerprint density at radius 1 is 1.27 bits per heavy atom. The molecule has 1 saturated carbocycles. The van der Waals surface area contributed by atoms with Crippen LogP contribution in [0, 0.1) is 17.2 Å². The van der Waals surface area contributed by atoms with E-state index in [1.54, 1.807) is 6.20 Å². The molecular formula is C22H23N3O. The van der Waals surface area contributed by atoms with Gasteiger partial charge in [0, 0.05) is 24.1 Å². The van der Waals surface area contributed by atoms with E-state index in [1.165, 1.54) is 11.1 Å². The van der Waals surface area contributed by atoms with Gasteiger partial charge in [-0.25, -0.2) is 0 Å². The van der Waals surface area contributed by atoms with Crippen molar-refractivity contribution in [1.82, 2.24) is 9.88 Å². The molecule has 26 heavy (non-hydrogen) atoms. The fourth-order valence-electron chi connectivity index (χ4n) is 4.52. The van der Waals surface area contributed by atoms with Crippen molar-refractivity contribution in [3.63, 3.8) is 0 Å². The van der Waals surface area contributed by atoms with Crippen molar-refractivity contribution >= 4 is 5.91 Å². The Morgan fingerprint density at radius 3 is 2.92 bits per heavy atom. The molecule has 1 amide bonds. The van der Waals surface area contributed by atoms with Crippen LogP contribution in [-0.2, 0) is 23.2 Å². The average Bonchev–Trinajstić information content (AvgIpc) is 3.40.